The van der Waals surface area contributed by atoms with Gasteiger partial charge in [0.1, 0.15) is 0 Å². The number of amides is 1. The van der Waals surface area contributed by atoms with Crippen LogP contribution in [0, 0.1) is 18.8 Å². The van der Waals surface area contributed by atoms with Crippen LogP contribution in [-0.4, -0.2) is 23.5 Å². The van der Waals surface area contributed by atoms with Crippen molar-refractivity contribution in [1.29, 1.82) is 0 Å². The van der Waals surface area contributed by atoms with E-state index < -0.39 is 5.97 Å². The highest BCUT2D eigenvalue weighted by Gasteiger charge is 2.17. The van der Waals surface area contributed by atoms with E-state index in [1.807, 2.05) is 13.8 Å². The Labute approximate surface area is 130 Å². The molecule has 0 fully saturated rings. The molecule has 0 spiro atoms. The molecule has 0 aromatic heterocycles. The van der Waals surface area contributed by atoms with Gasteiger partial charge in [0.25, 0.3) is 5.91 Å². The molecule has 0 heterocycles. The first kappa shape index (κ1) is 17.5. The Bertz CT molecular complexity index is 514. The van der Waals surface area contributed by atoms with Gasteiger partial charge in [-0.25, -0.2) is 0 Å². The molecule has 116 valence electrons. The topological polar surface area (TPSA) is 66.4 Å². The second-order valence-electron chi connectivity index (χ2n) is 5.72. The first-order valence-electron chi connectivity index (χ1n) is 7.06. The highest BCUT2D eigenvalue weighted by atomic mass is 35.5. The van der Waals surface area contributed by atoms with Gasteiger partial charge < -0.3 is 10.4 Å². The van der Waals surface area contributed by atoms with Crippen molar-refractivity contribution in [3.8, 4) is 0 Å². The lowest BCUT2D eigenvalue weighted by molar-refractivity contribution is -0.138. The average Bonchev–Trinajstić information content (AvgIpc) is 2.37. The third-order valence-electron chi connectivity index (χ3n) is 3.33. The minimum atomic E-state index is -0.839. The molecule has 1 rings (SSSR count). The normalized spacial score (nSPS) is 12.2. The van der Waals surface area contributed by atoms with E-state index in [4.69, 9.17) is 16.7 Å². The van der Waals surface area contributed by atoms with E-state index in [9.17, 15) is 9.59 Å². The number of carbonyl (C=O) groups is 2. The zero-order chi connectivity index (χ0) is 16.0. The number of carboxylic acid groups (broad SMARTS) is 1. The summed E-state index contributed by atoms with van der Waals surface area (Å²) >= 11 is 6.00. The molecule has 1 aromatic rings. The van der Waals surface area contributed by atoms with Crippen molar-refractivity contribution in [2.75, 3.05) is 6.54 Å². The molecule has 5 heteroatoms. The van der Waals surface area contributed by atoms with Gasteiger partial charge in [-0.05, 0) is 42.9 Å². The lowest BCUT2D eigenvalue weighted by Crippen LogP contribution is -2.31. The summed E-state index contributed by atoms with van der Waals surface area (Å²) in [5.41, 5.74) is 1.26. The van der Waals surface area contributed by atoms with Crippen LogP contribution in [0.2, 0.25) is 5.02 Å². The highest BCUT2D eigenvalue weighted by Crippen LogP contribution is 2.19. The Hall–Kier alpha value is -1.55. The van der Waals surface area contributed by atoms with E-state index in [2.05, 4.69) is 5.32 Å². The van der Waals surface area contributed by atoms with Gasteiger partial charge in [-0.2, -0.15) is 0 Å². The largest absolute Gasteiger partial charge is 0.481 e. The fourth-order valence-electron chi connectivity index (χ4n) is 2.34. The minimum absolute atomic E-state index is 0.0625. The number of benzene rings is 1. The van der Waals surface area contributed by atoms with Crippen LogP contribution in [-0.2, 0) is 4.79 Å². The summed E-state index contributed by atoms with van der Waals surface area (Å²) in [7, 11) is 0. The Balaban J connectivity index is 2.68. The van der Waals surface area contributed by atoms with Crippen LogP contribution in [0.3, 0.4) is 0 Å². The predicted molar refractivity (Wildman–Crippen MR) is 83.7 cm³/mol. The van der Waals surface area contributed by atoms with Crippen LogP contribution >= 0.6 is 11.6 Å². The summed E-state index contributed by atoms with van der Waals surface area (Å²) < 4.78 is 0. The van der Waals surface area contributed by atoms with E-state index in [1.54, 1.807) is 25.1 Å². The van der Waals surface area contributed by atoms with Gasteiger partial charge in [0, 0.05) is 23.6 Å². The number of halogens is 1. The average molecular weight is 312 g/mol. The summed E-state index contributed by atoms with van der Waals surface area (Å²) in [5, 5.41) is 12.3. The minimum Gasteiger partial charge on any atom is -0.481 e. The number of carboxylic acids is 1. The van der Waals surface area contributed by atoms with Crippen molar-refractivity contribution in [1.82, 2.24) is 5.32 Å². The molecule has 0 radical (unpaired) electrons. The number of carbonyl (C=O) groups excluding carboxylic acids is 1. The van der Waals surface area contributed by atoms with E-state index in [1.165, 1.54) is 0 Å². The number of hydrogen-bond donors (Lipinski definition) is 2. The number of hydrogen-bond acceptors (Lipinski definition) is 2. The van der Waals surface area contributed by atoms with E-state index in [0.29, 0.717) is 23.0 Å². The standard InChI is InChI=1S/C16H22ClNO3/c1-10(2)7-12(8-15(19)20)9-18-16(21)13-5-4-6-14(17)11(13)3/h4-6,10,12H,7-9H2,1-3H3,(H,18,21)(H,19,20)/t12-/m0/s1. The van der Waals surface area contributed by atoms with Gasteiger partial charge >= 0.3 is 5.97 Å². The summed E-state index contributed by atoms with van der Waals surface area (Å²) in [4.78, 5) is 23.1. The first-order chi connectivity index (χ1) is 9.81. The van der Waals surface area contributed by atoms with Crippen LogP contribution in [0.5, 0.6) is 0 Å². The van der Waals surface area contributed by atoms with E-state index in [-0.39, 0.29) is 18.2 Å². The molecular formula is C16H22ClNO3. The van der Waals surface area contributed by atoms with E-state index in [0.717, 1.165) is 12.0 Å². The van der Waals surface area contributed by atoms with Gasteiger partial charge in [-0.1, -0.05) is 31.5 Å². The monoisotopic (exact) mass is 311 g/mol. The summed E-state index contributed by atoms with van der Waals surface area (Å²) in [6.45, 7) is 6.23. The Kier molecular flexibility index (Phi) is 6.69. The van der Waals surface area contributed by atoms with Gasteiger partial charge in [0.15, 0.2) is 0 Å². The highest BCUT2D eigenvalue weighted by molar-refractivity contribution is 6.31. The fraction of sp³-hybridized carbons (Fsp3) is 0.500. The molecule has 21 heavy (non-hydrogen) atoms. The maximum absolute atomic E-state index is 12.2. The van der Waals surface area contributed by atoms with E-state index >= 15 is 0 Å². The van der Waals surface area contributed by atoms with Crippen LogP contribution in [0.15, 0.2) is 18.2 Å². The fourth-order valence-corrected chi connectivity index (χ4v) is 2.51. The maximum atomic E-state index is 12.2. The maximum Gasteiger partial charge on any atom is 0.303 e. The summed E-state index contributed by atoms with van der Waals surface area (Å²) in [6, 6.07) is 5.18. The summed E-state index contributed by atoms with van der Waals surface area (Å²) in [5.74, 6) is -0.729. The molecule has 4 nitrogen and oxygen atoms in total. The molecule has 0 aliphatic carbocycles. The van der Waals surface area contributed by atoms with Crippen LogP contribution in [0.4, 0.5) is 0 Å². The Morgan fingerprint density at radius 1 is 1.33 bits per heavy atom. The molecule has 0 saturated heterocycles. The molecule has 1 amide bonds. The van der Waals surface area contributed by atoms with Crippen molar-refractivity contribution in [2.24, 2.45) is 11.8 Å². The van der Waals surface area contributed by atoms with Crippen molar-refractivity contribution < 1.29 is 14.7 Å². The quantitative estimate of drug-likeness (QED) is 0.809. The molecule has 0 aliphatic rings. The molecule has 0 bridgehead atoms. The SMILES string of the molecule is Cc1c(Cl)cccc1C(=O)NC[C@H](CC(=O)O)CC(C)C. The Morgan fingerprint density at radius 2 is 2.00 bits per heavy atom. The molecule has 1 atom stereocenters. The number of aliphatic carboxylic acids is 1. The van der Waals surface area contributed by atoms with Crippen molar-refractivity contribution in [2.45, 2.75) is 33.6 Å². The zero-order valence-corrected chi connectivity index (χ0v) is 13.4. The first-order valence-corrected chi connectivity index (χ1v) is 7.44. The van der Waals surface area contributed by atoms with Crippen LogP contribution < -0.4 is 5.32 Å². The Morgan fingerprint density at radius 3 is 2.57 bits per heavy atom. The molecule has 1 aromatic carbocycles. The molecule has 0 unspecified atom stereocenters. The van der Waals surface area contributed by atoms with Gasteiger partial charge in [-0.15, -0.1) is 0 Å². The second-order valence-corrected chi connectivity index (χ2v) is 6.12. The second kappa shape index (κ2) is 8.03. The molecule has 2 N–H and O–H groups in total. The van der Waals surface area contributed by atoms with Crippen LogP contribution in [0.1, 0.15) is 42.6 Å². The third-order valence-corrected chi connectivity index (χ3v) is 3.74. The van der Waals surface area contributed by atoms with Gasteiger partial charge in [-0.3, -0.25) is 9.59 Å². The molecular weight excluding hydrogens is 290 g/mol. The van der Waals surface area contributed by atoms with Crippen LogP contribution in [0.25, 0.3) is 0 Å². The lowest BCUT2D eigenvalue weighted by atomic mass is 9.94. The summed E-state index contributed by atoms with van der Waals surface area (Å²) in [6.07, 6.45) is 0.827. The number of rotatable bonds is 7. The number of nitrogens with one attached hydrogen (secondary N) is 1. The molecule has 0 aliphatic heterocycles. The lowest BCUT2D eigenvalue weighted by Gasteiger charge is -2.18. The zero-order valence-electron chi connectivity index (χ0n) is 12.6. The third kappa shape index (κ3) is 5.76. The van der Waals surface area contributed by atoms with Gasteiger partial charge in [0.05, 0.1) is 0 Å². The predicted octanol–water partition coefficient (Wildman–Crippen LogP) is 3.52. The van der Waals surface area contributed by atoms with Crippen molar-refractivity contribution in [3.63, 3.8) is 0 Å². The molecule has 0 saturated carbocycles. The van der Waals surface area contributed by atoms with Crippen molar-refractivity contribution >= 4 is 23.5 Å². The van der Waals surface area contributed by atoms with Gasteiger partial charge in [0.2, 0.25) is 0 Å². The smallest absolute Gasteiger partial charge is 0.303 e. The van der Waals surface area contributed by atoms with Crippen molar-refractivity contribution in [3.05, 3.63) is 34.3 Å².